The number of carbonyl (C=O) groups excluding carboxylic acids is 2. The first kappa shape index (κ1) is 25.5. The van der Waals surface area contributed by atoms with Gasteiger partial charge < -0.3 is 28.6 Å². The van der Waals surface area contributed by atoms with Crippen LogP contribution >= 0.6 is 15.9 Å². The lowest BCUT2D eigenvalue weighted by atomic mass is 9.95. The number of hydrogen-bond acceptors (Lipinski definition) is 9. The van der Waals surface area contributed by atoms with E-state index in [2.05, 4.69) is 20.9 Å². The zero-order valence-electron chi connectivity index (χ0n) is 20.7. The summed E-state index contributed by atoms with van der Waals surface area (Å²) in [5.41, 5.74) is 2.20. The number of benzene rings is 2. The van der Waals surface area contributed by atoms with E-state index < -0.39 is 24.1 Å². The molecule has 0 radical (unpaired) electrons. The second-order valence-electron chi connectivity index (χ2n) is 8.41. The molecule has 5 rings (SSSR count). The van der Waals surface area contributed by atoms with E-state index in [1.807, 2.05) is 6.07 Å². The van der Waals surface area contributed by atoms with Gasteiger partial charge >= 0.3 is 11.9 Å². The lowest BCUT2D eigenvalue weighted by molar-refractivity contribution is 0.0529. The number of aliphatic hydroxyl groups is 1. The summed E-state index contributed by atoms with van der Waals surface area (Å²) in [7, 11) is 3.97. The molecule has 1 aliphatic heterocycles. The summed E-state index contributed by atoms with van der Waals surface area (Å²) in [4.78, 5) is 32.4. The summed E-state index contributed by atoms with van der Waals surface area (Å²) < 4.78 is 22.2. The Morgan fingerprint density at radius 1 is 1.00 bits per heavy atom. The van der Waals surface area contributed by atoms with Crippen molar-refractivity contribution in [3.05, 3.63) is 93.9 Å². The number of ether oxygens (including phenoxy) is 3. The van der Waals surface area contributed by atoms with Gasteiger partial charge in [0.15, 0.2) is 5.76 Å². The molecule has 10 heteroatoms. The molecule has 2 aromatic heterocycles. The van der Waals surface area contributed by atoms with Crippen molar-refractivity contribution in [1.29, 1.82) is 0 Å². The molecule has 1 N–H and O–H groups in total. The van der Waals surface area contributed by atoms with Crippen LogP contribution in [0.25, 0.3) is 11.3 Å². The van der Waals surface area contributed by atoms with Gasteiger partial charge in [0, 0.05) is 21.9 Å². The molecule has 3 heterocycles. The van der Waals surface area contributed by atoms with Gasteiger partial charge in [-0.15, -0.1) is 0 Å². The van der Waals surface area contributed by atoms with E-state index >= 15 is 0 Å². The zero-order chi connectivity index (χ0) is 27.0. The third kappa shape index (κ3) is 4.21. The van der Waals surface area contributed by atoms with E-state index in [1.165, 1.54) is 14.2 Å². The predicted molar refractivity (Wildman–Crippen MR) is 142 cm³/mol. The van der Waals surface area contributed by atoms with Crippen molar-refractivity contribution in [2.75, 3.05) is 26.2 Å². The predicted octanol–water partition coefficient (Wildman–Crippen LogP) is 5.61. The third-order valence-electron chi connectivity index (χ3n) is 6.38. The fourth-order valence-electron chi connectivity index (χ4n) is 4.67. The number of nitrogens with zero attached hydrogens (tertiary/aromatic N) is 2. The van der Waals surface area contributed by atoms with Crippen molar-refractivity contribution in [2.24, 2.45) is 0 Å². The summed E-state index contributed by atoms with van der Waals surface area (Å²) in [5, 5.41) is 11.9. The normalized spacial score (nSPS) is 16.2. The van der Waals surface area contributed by atoms with Crippen LogP contribution in [0.1, 0.15) is 44.3 Å². The molecule has 4 aromatic rings. The van der Waals surface area contributed by atoms with Crippen LogP contribution in [-0.4, -0.2) is 43.4 Å². The van der Waals surface area contributed by atoms with Gasteiger partial charge in [0.2, 0.25) is 5.76 Å². The van der Waals surface area contributed by atoms with Gasteiger partial charge in [-0.3, -0.25) is 4.98 Å². The number of halogens is 1. The number of aliphatic hydroxyl groups excluding tert-OH is 1. The average molecular weight is 579 g/mol. The van der Waals surface area contributed by atoms with Gasteiger partial charge in [-0.1, -0.05) is 28.1 Å². The van der Waals surface area contributed by atoms with E-state index in [-0.39, 0.29) is 22.8 Å². The number of aromatic nitrogens is 1. The average Bonchev–Trinajstić information content (AvgIpc) is 3.31. The fraction of sp³-hybridized carbons (Fsp3) is 0.179. The van der Waals surface area contributed by atoms with Crippen LogP contribution in [0.5, 0.6) is 5.75 Å². The largest absolute Gasteiger partial charge is 0.497 e. The monoisotopic (exact) mass is 578 g/mol. The highest BCUT2D eigenvalue weighted by molar-refractivity contribution is 9.10. The lowest BCUT2D eigenvalue weighted by Gasteiger charge is -2.35. The molecule has 0 saturated carbocycles. The van der Waals surface area contributed by atoms with Crippen LogP contribution in [0, 0.1) is 0 Å². The third-order valence-corrected chi connectivity index (χ3v) is 6.87. The molecule has 0 spiro atoms. The number of carbonyl (C=O) groups is 2. The lowest BCUT2D eigenvalue weighted by Crippen LogP contribution is -2.30. The number of anilines is 2. The minimum atomic E-state index is -1.12. The highest BCUT2D eigenvalue weighted by Crippen LogP contribution is 2.54. The summed E-state index contributed by atoms with van der Waals surface area (Å²) in [6, 6.07) is 16.9. The zero-order valence-corrected chi connectivity index (χ0v) is 22.3. The maximum absolute atomic E-state index is 13.3. The summed E-state index contributed by atoms with van der Waals surface area (Å²) in [6.07, 6.45) is 0.503. The van der Waals surface area contributed by atoms with Crippen LogP contribution < -0.4 is 9.64 Å². The second-order valence-corrected chi connectivity index (χ2v) is 9.33. The highest BCUT2D eigenvalue weighted by atomic mass is 79.9. The van der Waals surface area contributed by atoms with Crippen LogP contribution in [0.15, 0.2) is 75.8 Å². The Kier molecular flexibility index (Phi) is 6.92. The molecule has 1 aliphatic rings. The standard InChI is InChI=1S/C28H23BrN2O7/c1-35-17-10-8-16(9-11-17)31-22(20-6-4-5-13-30-20)24(32)18-12-7-15(29)14-19(18)25-23(31)21(27(33)36-2)26(38-25)28(34)37-3/h4-14,22,24,32H,1-3H3/t22-,24+/m1/s1. The van der Waals surface area contributed by atoms with Crippen molar-refractivity contribution < 1.29 is 33.3 Å². The number of rotatable bonds is 5. The van der Waals surface area contributed by atoms with Gasteiger partial charge in [-0.05, 0) is 54.1 Å². The van der Waals surface area contributed by atoms with E-state index in [1.54, 1.807) is 72.8 Å². The quantitative estimate of drug-likeness (QED) is 0.302. The van der Waals surface area contributed by atoms with Gasteiger partial charge in [0.05, 0.1) is 27.0 Å². The van der Waals surface area contributed by atoms with Gasteiger partial charge in [0.1, 0.15) is 29.1 Å². The molecule has 2 aromatic carbocycles. The molecule has 38 heavy (non-hydrogen) atoms. The molecular formula is C28H23BrN2O7. The Morgan fingerprint density at radius 2 is 1.74 bits per heavy atom. The van der Waals surface area contributed by atoms with Crippen LogP contribution in [0.3, 0.4) is 0 Å². The SMILES string of the molecule is COC(=O)c1oc2c(c1C(=O)OC)N(c1ccc(OC)cc1)[C@H](c1ccccn1)[C@@H](O)c1ccc(Br)cc1-2. The molecule has 0 saturated heterocycles. The number of pyridine rings is 1. The maximum atomic E-state index is 13.3. The van der Waals surface area contributed by atoms with Crippen molar-refractivity contribution in [3.63, 3.8) is 0 Å². The Hall–Kier alpha value is -4.15. The molecule has 0 amide bonds. The molecule has 0 aliphatic carbocycles. The van der Waals surface area contributed by atoms with Crippen molar-refractivity contribution in [2.45, 2.75) is 12.1 Å². The van der Waals surface area contributed by atoms with E-state index in [4.69, 9.17) is 18.6 Å². The molecule has 194 valence electrons. The first-order valence-corrected chi connectivity index (χ1v) is 12.3. The molecule has 2 atom stereocenters. The summed E-state index contributed by atoms with van der Waals surface area (Å²) in [5.74, 6) is -1.16. The van der Waals surface area contributed by atoms with Gasteiger partial charge in [-0.2, -0.15) is 0 Å². The number of methoxy groups -OCH3 is 3. The summed E-state index contributed by atoms with van der Waals surface area (Å²) in [6.45, 7) is 0. The number of hydrogen-bond donors (Lipinski definition) is 1. The van der Waals surface area contributed by atoms with E-state index in [0.29, 0.717) is 32.7 Å². The molecule has 0 unspecified atom stereocenters. The van der Waals surface area contributed by atoms with E-state index in [0.717, 1.165) is 0 Å². The van der Waals surface area contributed by atoms with E-state index in [9.17, 15) is 14.7 Å². The Balaban J connectivity index is 1.94. The number of esters is 2. The fourth-order valence-corrected chi connectivity index (χ4v) is 5.03. The van der Waals surface area contributed by atoms with Crippen LogP contribution in [0.2, 0.25) is 0 Å². The topological polar surface area (TPSA) is 111 Å². The van der Waals surface area contributed by atoms with Crippen molar-refractivity contribution in [1.82, 2.24) is 4.98 Å². The Morgan fingerprint density at radius 3 is 2.37 bits per heavy atom. The van der Waals surface area contributed by atoms with Gasteiger partial charge in [-0.25, -0.2) is 9.59 Å². The molecule has 0 fully saturated rings. The summed E-state index contributed by atoms with van der Waals surface area (Å²) >= 11 is 3.49. The minimum absolute atomic E-state index is 0.133. The Labute approximate surface area is 226 Å². The molecule has 0 bridgehead atoms. The number of furan rings is 1. The molecule has 9 nitrogen and oxygen atoms in total. The van der Waals surface area contributed by atoms with Crippen LogP contribution in [0.4, 0.5) is 11.4 Å². The Bertz CT molecular complexity index is 1500. The van der Waals surface area contributed by atoms with Crippen LogP contribution in [-0.2, 0) is 9.47 Å². The second kappa shape index (κ2) is 10.3. The maximum Gasteiger partial charge on any atom is 0.374 e. The molecular weight excluding hydrogens is 556 g/mol. The highest BCUT2D eigenvalue weighted by Gasteiger charge is 2.44. The first-order chi connectivity index (χ1) is 18.4. The number of fused-ring (bicyclic) bond motifs is 3. The van der Waals surface area contributed by atoms with Crippen molar-refractivity contribution in [3.8, 4) is 17.1 Å². The van der Waals surface area contributed by atoms with Crippen molar-refractivity contribution >= 4 is 39.2 Å². The smallest absolute Gasteiger partial charge is 0.374 e. The first-order valence-electron chi connectivity index (χ1n) is 11.5. The minimum Gasteiger partial charge on any atom is -0.497 e. The van der Waals surface area contributed by atoms with Gasteiger partial charge in [0.25, 0.3) is 0 Å².